The number of aromatic nitrogens is 2. The van der Waals surface area contributed by atoms with Crippen LogP contribution in [0.15, 0.2) is 36.5 Å². The second-order valence-corrected chi connectivity index (χ2v) is 3.37. The number of nitrogens with zero attached hydrogens (tertiary/aromatic N) is 2. The van der Waals surface area contributed by atoms with Crippen LogP contribution in [-0.4, -0.2) is 15.9 Å². The summed E-state index contributed by atoms with van der Waals surface area (Å²) in [5.41, 5.74) is 11.9. The summed E-state index contributed by atoms with van der Waals surface area (Å²) in [5.74, 6) is 0.324. The Hall–Kier alpha value is -2.63. The van der Waals surface area contributed by atoms with Crippen molar-refractivity contribution in [3.05, 3.63) is 42.1 Å². The van der Waals surface area contributed by atoms with Crippen molar-refractivity contribution in [1.29, 1.82) is 0 Å². The van der Waals surface area contributed by atoms with Gasteiger partial charge in [-0.2, -0.15) is 4.98 Å². The monoisotopic (exact) mass is 229 g/mol. The lowest BCUT2D eigenvalue weighted by Crippen LogP contribution is -2.10. The fraction of sp³-hybridized carbons (Fsp3) is 0. The second-order valence-electron chi connectivity index (χ2n) is 3.37. The molecule has 86 valence electrons. The van der Waals surface area contributed by atoms with E-state index in [0.29, 0.717) is 17.3 Å². The molecule has 0 aliphatic heterocycles. The van der Waals surface area contributed by atoms with E-state index in [9.17, 15) is 4.79 Å². The zero-order valence-corrected chi connectivity index (χ0v) is 8.92. The van der Waals surface area contributed by atoms with E-state index in [1.54, 1.807) is 36.5 Å². The number of hydrogen-bond donors (Lipinski definition) is 3. The van der Waals surface area contributed by atoms with E-state index in [-0.39, 0.29) is 0 Å². The molecule has 0 bridgehead atoms. The van der Waals surface area contributed by atoms with Crippen LogP contribution in [0.5, 0.6) is 0 Å². The molecule has 6 nitrogen and oxygen atoms in total. The number of carbonyl (C=O) groups excluding carboxylic acids is 1. The maximum atomic E-state index is 10.9. The molecule has 0 fully saturated rings. The minimum Gasteiger partial charge on any atom is -0.384 e. The third-order valence-electron chi connectivity index (χ3n) is 2.10. The van der Waals surface area contributed by atoms with Crippen molar-refractivity contribution in [2.45, 2.75) is 0 Å². The van der Waals surface area contributed by atoms with Crippen LogP contribution in [0.25, 0.3) is 0 Å². The molecule has 0 radical (unpaired) electrons. The summed E-state index contributed by atoms with van der Waals surface area (Å²) in [5, 5.41) is 2.96. The molecule has 1 aromatic heterocycles. The topological polar surface area (TPSA) is 107 Å². The molecule has 0 aliphatic rings. The molecular formula is C11H11N5O. The Kier molecular flexibility index (Phi) is 2.87. The fourth-order valence-electron chi connectivity index (χ4n) is 1.28. The maximum absolute atomic E-state index is 10.9. The smallest absolute Gasteiger partial charge is 0.248 e. The summed E-state index contributed by atoms with van der Waals surface area (Å²) in [6, 6.07) is 8.27. The quantitative estimate of drug-likeness (QED) is 0.724. The molecule has 0 saturated carbocycles. The van der Waals surface area contributed by atoms with Crippen LogP contribution in [0.2, 0.25) is 0 Å². The molecule has 2 aromatic rings. The Morgan fingerprint density at radius 3 is 2.47 bits per heavy atom. The number of benzene rings is 1. The number of nitrogens with one attached hydrogen (secondary N) is 1. The molecule has 0 aliphatic carbocycles. The lowest BCUT2D eigenvalue weighted by molar-refractivity contribution is 0.100. The van der Waals surface area contributed by atoms with Crippen LogP contribution in [0.4, 0.5) is 17.5 Å². The van der Waals surface area contributed by atoms with Gasteiger partial charge in [-0.25, -0.2) is 4.98 Å². The molecule has 17 heavy (non-hydrogen) atoms. The molecule has 6 heteroatoms. The average molecular weight is 229 g/mol. The first-order valence-electron chi connectivity index (χ1n) is 4.90. The number of hydrogen-bond acceptors (Lipinski definition) is 5. The second kappa shape index (κ2) is 4.48. The lowest BCUT2D eigenvalue weighted by Gasteiger charge is -2.05. The van der Waals surface area contributed by atoms with E-state index in [2.05, 4.69) is 15.3 Å². The van der Waals surface area contributed by atoms with Crippen molar-refractivity contribution in [2.24, 2.45) is 5.73 Å². The summed E-state index contributed by atoms with van der Waals surface area (Å²) in [7, 11) is 0. The van der Waals surface area contributed by atoms with Gasteiger partial charge in [-0.15, -0.1) is 0 Å². The van der Waals surface area contributed by atoms with E-state index in [0.717, 1.165) is 5.69 Å². The zero-order chi connectivity index (χ0) is 12.3. The summed E-state index contributed by atoms with van der Waals surface area (Å²) in [4.78, 5) is 18.9. The highest BCUT2D eigenvalue weighted by Gasteiger charge is 2.01. The van der Waals surface area contributed by atoms with Crippen LogP contribution < -0.4 is 16.8 Å². The SMILES string of the molecule is NC(=O)c1ccc(Nc2nccc(N)n2)cc1. The predicted octanol–water partition coefficient (Wildman–Crippen LogP) is 0.901. The first-order chi connectivity index (χ1) is 8.15. The summed E-state index contributed by atoms with van der Waals surface area (Å²) < 4.78 is 0. The number of primary amides is 1. The zero-order valence-electron chi connectivity index (χ0n) is 8.92. The number of rotatable bonds is 3. The Balaban J connectivity index is 2.16. The third kappa shape index (κ3) is 2.69. The van der Waals surface area contributed by atoms with Crippen molar-refractivity contribution >= 4 is 23.4 Å². The van der Waals surface area contributed by atoms with E-state index < -0.39 is 5.91 Å². The van der Waals surface area contributed by atoms with Gasteiger partial charge in [-0.05, 0) is 30.3 Å². The normalized spacial score (nSPS) is 9.88. The number of amides is 1. The van der Waals surface area contributed by atoms with Gasteiger partial charge in [0, 0.05) is 17.4 Å². The molecular weight excluding hydrogens is 218 g/mol. The number of anilines is 3. The van der Waals surface area contributed by atoms with Crippen molar-refractivity contribution in [2.75, 3.05) is 11.1 Å². The van der Waals surface area contributed by atoms with Crippen molar-refractivity contribution in [3.8, 4) is 0 Å². The van der Waals surface area contributed by atoms with Gasteiger partial charge in [0.1, 0.15) is 5.82 Å². The molecule has 1 aromatic carbocycles. The number of carbonyl (C=O) groups is 1. The minimum atomic E-state index is -0.461. The average Bonchev–Trinajstić information content (AvgIpc) is 2.29. The van der Waals surface area contributed by atoms with Gasteiger partial charge in [0.25, 0.3) is 0 Å². The summed E-state index contributed by atoms with van der Waals surface area (Å²) in [6.07, 6.45) is 1.56. The first-order valence-corrected chi connectivity index (χ1v) is 4.90. The highest BCUT2D eigenvalue weighted by molar-refractivity contribution is 5.93. The van der Waals surface area contributed by atoms with Crippen LogP contribution >= 0.6 is 0 Å². The lowest BCUT2D eigenvalue weighted by atomic mass is 10.2. The minimum absolute atomic E-state index is 0.385. The molecule has 2 rings (SSSR count). The molecule has 1 heterocycles. The molecule has 0 spiro atoms. The molecule has 0 saturated heterocycles. The van der Waals surface area contributed by atoms with Crippen LogP contribution in [0.3, 0.4) is 0 Å². The Morgan fingerprint density at radius 1 is 1.18 bits per heavy atom. The number of nitrogens with two attached hydrogens (primary N) is 2. The molecule has 1 amide bonds. The van der Waals surface area contributed by atoms with E-state index >= 15 is 0 Å². The van der Waals surface area contributed by atoms with Crippen molar-refractivity contribution in [1.82, 2.24) is 9.97 Å². The van der Waals surface area contributed by atoms with Gasteiger partial charge < -0.3 is 16.8 Å². The standard InChI is InChI=1S/C11H11N5O/c12-9-5-6-14-11(16-9)15-8-3-1-7(2-4-8)10(13)17/h1-6H,(H2,13,17)(H3,12,14,15,16). The third-order valence-corrected chi connectivity index (χ3v) is 2.10. The highest BCUT2D eigenvalue weighted by Crippen LogP contribution is 2.14. The maximum Gasteiger partial charge on any atom is 0.248 e. The fourth-order valence-corrected chi connectivity index (χ4v) is 1.28. The van der Waals surface area contributed by atoms with Gasteiger partial charge in [-0.3, -0.25) is 4.79 Å². The summed E-state index contributed by atoms with van der Waals surface area (Å²) in [6.45, 7) is 0. The number of nitrogen functional groups attached to an aromatic ring is 1. The van der Waals surface area contributed by atoms with Gasteiger partial charge >= 0.3 is 0 Å². The highest BCUT2D eigenvalue weighted by atomic mass is 16.1. The van der Waals surface area contributed by atoms with E-state index in [4.69, 9.17) is 11.5 Å². The van der Waals surface area contributed by atoms with Gasteiger partial charge in [0.15, 0.2) is 0 Å². The van der Waals surface area contributed by atoms with Crippen LogP contribution in [0, 0.1) is 0 Å². The van der Waals surface area contributed by atoms with E-state index in [1.165, 1.54) is 0 Å². The predicted molar refractivity (Wildman–Crippen MR) is 64.7 cm³/mol. The molecule has 0 atom stereocenters. The molecule has 0 unspecified atom stereocenters. The largest absolute Gasteiger partial charge is 0.384 e. The van der Waals surface area contributed by atoms with Crippen LogP contribution in [-0.2, 0) is 0 Å². The summed E-state index contributed by atoms with van der Waals surface area (Å²) >= 11 is 0. The first kappa shape index (κ1) is 10.9. The Bertz CT molecular complexity index is 538. The van der Waals surface area contributed by atoms with Gasteiger partial charge in [0.2, 0.25) is 11.9 Å². The van der Waals surface area contributed by atoms with Crippen molar-refractivity contribution < 1.29 is 4.79 Å². The van der Waals surface area contributed by atoms with Gasteiger partial charge in [0.05, 0.1) is 0 Å². The van der Waals surface area contributed by atoms with E-state index in [1.807, 2.05) is 0 Å². The Morgan fingerprint density at radius 2 is 1.88 bits per heavy atom. The van der Waals surface area contributed by atoms with Gasteiger partial charge in [-0.1, -0.05) is 0 Å². The Labute approximate surface area is 97.7 Å². The van der Waals surface area contributed by atoms with Crippen LogP contribution in [0.1, 0.15) is 10.4 Å². The molecule has 5 N–H and O–H groups in total. The van der Waals surface area contributed by atoms with Crippen molar-refractivity contribution in [3.63, 3.8) is 0 Å².